The first-order valence-electron chi connectivity index (χ1n) is 6.98. The standard InChI is InChI=1S/C16H17Cl2NO3S/c1-3-22-13-9-7-12(8-10-13)11-19(2)23(20,21)16-14(17)5-4-6-15(16)18/h4-10H,3,11H2,1-2H3. The van der Waals surface area contributed by atoms with Gasteiger partial charge in [-0.3, -0.25) is 0 Å². The largest absolute Gasteiger partial charge is 0.494 e. The third-order valence-corrected chi connectivity index (χ3v) is 5.99. The maximum absolute atomic E-state index is 12.7. The molecule has 0 fully saturated rings. The molecule has 0 aliphatic carbocycles. The zero-order valence-corrected chi connectivity index (χ0v) is 15.1. The van der Waals surface area contributed by atoms with Crippen molar-refractivity contribution in [2.45, 2.75) is 18.4 Å². The van der Waals surface area contributed by atoms with Gasteiger partial charge in [0, 0.05) is 13.6 Å². The number of hydrogen-bond donors (Lipinski definition) is 0. The van der Waals surface area contributed by atoms with E-state index in [1.165, 1.54) is 23.5 Å². The van der Waals surface area contributed by atoms with Crippen molar-refractivity contribution in [3.05, 3.63) is 58.1 Å². The second-order valence-electron chi connectivity index (χ2n) is 4.89. The summed E-state index contributed by atoms with van der Waals surface area (Å²) in [7, 11) is -2.29. The number of rotatable bonds is 6. The second kappa shape index (κ2) is 7.53. The number of hydrogen-bond acceptors (Lipinski definition) is 3. The highest BCUT2D eigenvalue weighted by molar-refractivity contribution is 7.89. The predicted octanol–water partition coefficient (Wildman–Crippen LogP) is 4.21. The lowest BCUT2D eigenvalue weighted by atomic mass is 10.2. The SMILES string of the molecule is CCOc1ccc(CN(C)S(=O)(=O)c2c(Cl)cccc2Cl)cc1. The molecule has 0 bridgehead atoms. The Morgan fingerprint density at radius 2 is 1.61 bits per heavy atom. The van der Waals surface area contributed by atoms with Crippen LogP contribution in [0.15, 0.2) is 47.4 Å². The van der Waals surface area contributed by atoms with Gasteiger partial charge in [0.25, 0.3) is 0 Å². The third-order valence-electron chi connectivity index (χ3n) is 3.23. The van der Waals surface area contributed by atoms with E-state index < -0.39 is 10.0 Å². The lowest BCUT2D eigenvalue weighted by Crippen LogP contribution is -2.27. The van der Waals surface area contributed by atoms with E-state index in [4.69, 9.17) is 27.9 Å². The lowest BCUT2D eigenvalue weighted by Gasteiger charge is -2.19. The predicted molar refractivity (Wildman–Crippen MR) is 92.7 cm³/mol. The Hall–Kier alpha value is -1.27. The molecule has 124 valence electrons. The molecule has 0 atom stereocenters. The monoisotopic (exact) mass is 373 g/mol. The van der Waals surface area contributed by atoms with Crippen molar-refractivity contribution in [1.82, 2.24) is 4.31 Å². The zero-order chi connectivity index (χ0) is 17.0. The summed E-state index contributed by atoms with van der Waals surface area (Å²) in [6.07, 6.45) is 0. The molecule has 0 saturated carbocycles. The van der Waals surface area contributed by atoms with Crippen LogP contribution in [0.25, 0.3) is 0 Å². The molecular formula is C16H17Cl2NO3S. The Bertz CT molecular complexity index is 756. The van der Waals surface area contributed by atoms with E-state index in [1.807, 2.05) is 31.2 Å². The Balaban J connectivity index is 2.23. The Morgan fingerprint density at radius 3 is 2.13 bits per heavy atom. The van der Waals surface area contributed by atoms with Crippen molar-refractivity contribution in [1.29, 1.82) is 0 Å². The number of halogens is 2. The van der Waals surface area contributed by atoms with Gasteiger partial charge in [-0.25, -0.2) is 8.42 Å². The van der Waals surface area contributed by atoms with Crippen molar-refractivity contribution >= 4 is 33.2 Å². The van der Waals surface area contributed by atoms with Crippen LogP contribution in [-0.4, -0.2) is 26.4 Å². The Labute approximate surface area is 146 Å². The Morgan fingerprint density at radius 1 is 1.04 bits per heavy atom. The van der Waals surface area contributed by atoms with Gasteiger partial charge in [-0.15, -0.1) is 0 Å². The highest BCUT2D eigenvalue weighted by Crippen LogP contribution is 2.31. The van der Waals surface area contributed by atoms with Crippen molar-refractivity contribution in [2.75, 3.05) is 13.7 Å². The molecule has 0 radical (unpaired) electrons. The van der Waals surface area contributed by atoms with Crippen LogP contribution >= 0.6 is 23.2 Å². The van der Waals surface area contributed by atoms with Crippen LogP contribution in [0.3, 0.4) is 0 Å². The molecule has 4 nitrogen and oxygen atoms in total. The number of sulfonamides is 1. The topological polar surface area (TPSA) is 46.6 Å². The minimum absolute atomic E-state index is 0.0724. The van der Waals surface area contributed by atoms with Gasteiger partial charge in [-0.2, -0.15) is 4.31 Å². The maximum Gasteiger partial charge on any atom is 0.246 e. The van der Waals surface area contributed by atoms with Gasteiger partial charge in [-0.1, -0.05) is 41.4 Å². The fourth-order valence-electron chi connectivity index (χ4n) is 2.08. The van der Waals surface area contributed by atoms with E-state index in [1.54, 1.807) is 6.07 Å². The van der Waals surface area contributed by atoms with Crippen molar-refractivity contribution < 1.29 is 13.2 Å². The van der Waals surface area contributed by atoms with Crippen LogP contribution in [-0.2, 0) is 16.6 Å². The molecule has 0 heterocycles. The quantitative estimate of drug-likeness (QED) is 0.761. The summed E-state index contributed by atoms with van der Waals surface area (Å²) >= 11 is 12.0. The van der Waals surface area contributed by atoms with Crippen molar-refractivity contribution in [2.24, 2.45) is 0 Å². The zero-order valence-electron chi connectivity index (χ0n) is 12.8. The summed E-state index contributed by atoms with van der Waals surface area (Å²) in [5, 5.41) is 0.215. The fraction of sp³-hybridized carbons (Fsp3) is 0.250. The van der Waals surface area contributed by atoms with Gasteiger partial charge < -0.3 is 4.74 Å². The minimum Gasteiger partial charge on any atom is -0.494 e. The van der Waals surface area contributed by atoms with Crippen molar-refractivity contribution in [3.8, 4) is 5.75 Å². The molecular weight excluding hydrogens is 357 g/mol. The second-order valence-corrected chi connectivity index (χ2v) is 7.68. The van der Waals surface area contributed by atoms with Crippen LogP contribution in [0.1, 0.15) is 12.5 Å². The summed E-state index contributed by atoms with van der Waals surface area (Å²) in [6.45, 7) is 2.69. The summed E-state index contributed by atoms with van der Waals surface area (Å²) in [5.74, 6) is 0.746. The fourth-order valence-corrected chi connectivity index (χ4v) is 4.33. The summed E-state index contributed by atoms with van der Waals surface area (Å²) in [6, 6.07) is 11.9. The van der Waals surface area contributed by atoms with E-state index in [9.17, 15) is 8.42 Å². The normalized spacial score (nSPS) is 11.7. The minimum atomic E-state index is -3.78. The van der Waals surface area contributed by atoms with Crippen LogP contribution in [0, 0.1) is 0 Å². The van der Waals surface area contributed by atoms with Gasteiger partial charge in [-0.05, 0) is 36.8 Å². The van der Waals surface area contributed by atoms with Crippen LogP contribution < -0.4 is 4.74 Å². The van der Waals surface area contributed by atoms with Crippen molar-refractivity contribution in [3.63, 3.8) is 0 Å². The molecule has 0 aromatic heterocycles. The molecule has 2 aromatic rings. The third kappa shape index (κ3) is 4.18. The van der Waals surface area contributed by atoms with E-state index in [-0.39, 0.29) is 21.5 Å². The van der Waals surface area contributed by atoms with Gasteiger partial charge in [0.15, 0.2) is 0 Å². The summed E-state index contributed by atoms with van der Waals surface area (Å²) in [5.41, 5.74) is 0.836. The first kappa shape index (κ1) is 18.1. The number of nitrogens with zero attached hydrogens (tertiary/aromatic N) is 1. The van der Waals surface area contributed by atoms with Crippen LogP contribution in [0.4, 0.5) is 0 Å². The maximum atomic E-state index is 12.7. The van der Waals surface area contributed by atoms with Gasteiger partial charge in [0.2, 0.25) is 10.0 Å². The van der Waals surface area contributed by atoms with E-state index in [2.05, 4.69) is 0 Å². The lowest BCUT2D eigenvalue weighted by molar-refractivity contribution is 0.340. The molecule has 7 heteroatoms. The highest BCUT2D eigenvalue weighted by atomic mass is 35.5. The number of ether oxygens (including phenoxy) is 1. The first-order chi connectivity index (χ1) is 10.9. The summed E-state index contributed by atoms with van der Waals surface area (Å²) in [4.78, 5) is -0.0724. The van der Waals surface area contributed by atoms with Gasteiger partial charge in [0.1, 0.15) is 10.6 Å². The number of benzene rings is 2. The molecule has 0 amide bonds. The first-order valence-corrected chi connectivity index (χ1v) is 9.18. The van der Waals surface area contributed by atoms with E-state index >= 15 is 0 Å². The highest BCUT2D eigenvalue weighted by Gasteiger charge is 2.26. The average Bonchev–Trinajstić information content (AvgIpc) is 2.49. The van der Waals surface area contributed by atoms with E-state index in [0.717, 1.165) is 11.3 Å². The molecule has 0 aliphatic rings. The van der Waals surface area contributed by atoms with E-state index in [0.29, 0.717) is 6.61 Å². The van der Waals surface area contributed by atoms with Crippen LogP contribution in [0.2, 0.25) is 10.0 Å². The van der Waals surface area contributed by atoms with Gasteiger partial charge in [0.05, 0.1) is 16.7 Å². The van der Waals surface area contributed by atoms with Crippen LogP contribution in [0.5, 0.6) is 5.75 Å². The molecule has 23 heavy (non-hydrogen) atoms. The molecule has 0 saturated heterocycles. The average molecular weight is 374 g/mol. The Kier molecular flexibility index (Phi) is 5.92. The molecule has 0 N–H and O–H groups in total. The molecule has 2 aromatic carbocycles. The van der Waals surface area contributed by atoms with Gasteiger partial charge >= 0.3 is 0 Å². The molecule has 0 aliphatic heterocycles. The molecule has 0 spiro atoms. The molecule has 2 rings (SSSR count). The molecule has 0 unspecified atom stereocenters. The summed E-state index contributed by atoms with van der Waals surface area (Å²) < 4.78 is 31.9. The smallest absolute Gasteiger partial charge is 0.246 e.